The first kappa shape index (κ1) is 10.2. The second-order valence-electron chi connectivity index (χ2n) is 3.40. The minimum atomic E-state index is 0.459. The van der Waals surface area contributed by atoms with E-state index in [1.54, 1.807) is 4.68 Å². The molecule has 1 aromatic heterocycles. The van der Waals surface area contributed by atoms with Crippen molar-refractivity contribution in [1.82, 2.24) is 15.0 Å². The lowest BCUT2D eigenvalue weighted by molar-refractivity contribution is 0.796. The van der Waals surface area contributed by atoms with Gasteiger partial charge < -0.3 is 5.73 Å². The van der Waals surface area contributed by atoms with Gasteiger partial charge in [-0.2, -0.15) is 5.26 Å². The van der Waals surface area contributed by atoms with Crippen LogP contribution in [0.15, 0.2) is 30.5 Å². The Hall–Kier alpha value is -2.35. The van der Waals surface area contributed by atoms with Crippen molar-refractivity contribution in [2.45, 2.75) is 12.8 Å². The van der Waals surface area contributed by atoms with Crippen molar-refractivity contribution in [3.8, 4) is 11.8 Å². The van der Waals surface area contributed by atoms with E-state index in [1.807, 2.05) is 30.5 Å². The van der Waals surface area contributed by atoms with Gasteiger partial charge in [0, 0.05) is 18.5 Å². The zero-order chi connectivity index (χ0) is 11.4. The van der Waals surface area contributed by atoms with Gasteiger partial charge in [-0.05, 0) is 24.3 Å². The van der Waals surface area contributed by atoms with Crippen molar-refractivity contribution in [3.63, 3.8) is 0 Å². The first-order chi connectivity index (χ1) is 7.79. The maximum Gasteiger partial charge on any atom is 0.0842 e. The number of benzene rings is 1. The Balaban J connectivity index is 2.18. The molecule has 0 saturated carbocycles. The molecule has 0 fully saturated rings. The Morgan fingerprint density at radius 2 is 2.06 bits per heavy atom. The Bertz CT molecular complexity index is 506. The maximum atomic E-state index is 8.46. The van der Waals surface area contributed by atoms with E-state index in [0.717, 1.165) is 11.4 Å². The van der Waals surface area contributed by atoms with Crippen LogP contribution in [0.1, 0.15) is 12.1 Å². The molecule has 1 heterocycles. The van der Waals surface area contributed by atoms with Crippen molar-refractivity contribution in [3.05, 3.63) is 36.2 Å². The highest BCUT2D eigenvalue weighted by atomic mass is 15.4. The van der Waals surface area contributed by atoms with E-state index in [-0.39, 0.29) is 0 Å². The minimum absolute atomic E-state index is 0.459. The SMILES string of the molecule is N#CCCc1cn(-c2ccc(N)cc2)nn1. The van der Waals surface area contributed by atoms with Crippen LogP contribution in [0, 0.1) is 11.3 Å². The summed E-state index contributed by atoms with van der Waals surface area (Å²) in [5, 5.41) is 16.4. The quantitative estimate of drug-likeness (QED) is 0.779. The molecule has 0 radical (unpaired) electrons. The van der Waals surface area contributed by atoms with Crippen LogP contribution in [-0.4, -0.2) is 15.0 Å². The van der Waals surface area contributed by atoms with E-state index < -0.39 is 0 Å². The fourth-order valence-corrected chi connectivity index (χ4v) is 1.35. The third kappa shape index (κ3) is 2.17. The van der Waals surface area contributed by atoms with Gasteiger partial charge in [-0.3, -0.25) is 0 Å². The number of rotatable bonds is 3. The molecule has 0 unspecified atom stereocenters. The van der Waals surface area contributed by atoms with Crippen molar-refractivity contribution in [1.29, 1.82) is 5.26 Å². The van der Waals surface area contributed by atoms with Crippen molar-refractivity contribution < 1.29 is 0 Å². The zero-order valence-corrected chi connectivity index (χ0v) is 8.67. The normalized spacial score (nSPS) is 9.94. The lowest BCUT2D eigenvalue weighted by Crippen LogP contribution is -1.95. The van der Waals surface area contributed by atoms with Crippen LogP contribution in [-0.2, 0) is 6.42 Å². The van der Waals surface area contributed by atoms with E-state index in [0.29, 0.717) is 18.5 Å². The number of hydrogen-bond acceptors (Lipinski definition) is 4. The maximum absolute atomic E-state index is 8.46. The summed E-state index contributed by atoms with van der Waals surface area (Å²) in [5.74, 6) is 0. The van der Waals surface area contributed by atoms with E-state index in [4.69, 9.17) is 11.0 Å². The number of nitriles is 1. The molecule has 2 N–H and O–H groups in total. The van der Waals surface area contributed by atoms with Crippen LogP contribution >= 0.6 is 0 Å². The molecule has 0 aliphatic heterocycles. The van der Waals surface area contributed by atoms with Gasteiger partial charge in [0.15, 0.2) is 0 Å². The molecule has 16 heavy (non-hydrogen) atoms. The largest absolute Gasteiger partial charge is 0.399 e. The summed E-state index contributed by atoms with van der Waals surface area (Å²) < 4.78 is 1.67. The molecule has 0 spiro atoms. The number of aryl methyl sites for hydroxylation is 1. The molecule has 0 aliphatic carbocycles. The average Bonchev–Trinajstić information content (AvgIpc) is 2.76. The van der Waals surface area contributed by atoms with E-state index >= 15 is 0 Å². The summed E-state index contributed by atoms with van der Waals surface area (Å²) in [6.07, 6.45) is 2.91. The molecule has 0 atom stereocenters. The molecule has 2 rings (SSSR count). The van der Waals surface area contributed by atoms with Crippen LogP contribution in [0.2, 0.25) is 0 Å². The van der Waals surface area contributed by atoms with Gasteiger partial charge >= 0.3 is 0 Å². The molecule has 0 amide bonds. The summed E-state index contributed by atoms with van der Waals surface area (Å²) in [7, 11) is 0. The van der Waals surface area contributed by atoms with Crippen LogP contribution in [0.4, 0.5) is 5.69 Å². The topological polar surface area (TPSA) is 80.5 Å². The summed E-state index contributed by atoms with van der Waals surface area (Å²) in [5.41, 5.74) is 8.04. The Labute approximate surface area is 93.1 Å². The van der Waals surface area contributed by atoms with Crippen molar-refractivity contribution in [2.75, 3.05) is 5.73 Å². The van der Waals surface area contributed by atoms with E-state index in [1.165, 1.54) is 0 Å². The number of nitrogens with zero attached hydrogens (tertiary/aromatic N) is 4. The van der Waals surface area contributed by atoms with Gasteiger partial charge in [-0.15, -0.1) is 5.10 Å². The lowest BCUT2D eigenvalue weighted by Gasteiger charge is -1.99. The number of nitrogen functional groups attached to an aromatic ring is 1. The Morgan fingerprint density at radius 1 is 1.31 bits per heavy atom. The minimum Gasteiger partial charge on any atom is -0.399 e. The third-order valence-electron chi connectivity index (χ3n) is 2.19. The highest BCUT2D eigenvalue weighted by Gasteiger charge is 2.02. The summed E-state index contributed by atoms with van der Waals surface area (Å²) in [6, 6.07) is 9.45. The molecule has 80 valence electrons. The van der Waals surface area contributed by atoms with Gasteiger partial charge in [0.05, 0.1) is 23.6 Å². The lowest BCUT2D eigenvalue weighted by atomic mass is 10.2. The first-order valence-electron chi connectivity index (χ1n) is 4.93. The summed E-state index contributed by atoms with van der Waals surface area (Å²) in [6.45, 7) is 0. The standard InChI is InChI=1S/C11H11N5/c12-7-1-2-10-8-16(15-14-10)11-5-3-9(13)4-6-11/h3-6,8H,1-2,13H2. The number of anilines is 1. The van der Waals surface area contributed by atoms with Crippen molar-refractivity contribution in [2.24, 2.45) is 0 Å². The molecule has 1 aromatic carbocycles. The third-order valence-corrected chi connectivity index (χ3v) is 2.19. The number of hydrogen-bond donors (Lipinski definition) is 1. The molecule has 5 nitrogen and oxygen atoms in total. The molecular formula is C11H11N5. The van der Waals surface area contributed by atoms with Gasteiger partial charge in [-0.1, -0.05) is 5.21 Å². The summed E-state index contributed by atoms with van der Waals surface area (Å²) >= 11 is 0. The first-order valence-corrected chi connectivity index (χ1v) is 4.93. The van der Waals surface area contributed by atoms with Gasteiger partial charge in [-0.25, -0.2) is 4.68 Å². The molecule has 2 aromatic rings. The molecule has 0 bridgehead atoms. The van der Waals surface area contributed by atoms with E-state index in [2.05, 4.69) is 16.4 Å². The Kier molecular flexibility index (Phi) is 2.83. The monoisotopic (exact) mass is 213 g/mol. The van der Waals surface area contributed by atoms with Crippen LogP contribution < -0.4 is 5.73 Å². The fraction of sp³-hybridized carbons (Fsp3) is 0.182. The predicted molar refractivity (Wildman–Crippen MR) is 59.7 cm³/mol. The highest BCUT2D eigenvalue weighted by Crippen LogP contribution is 2.10. The predicted octanol–water partition coefficient (Wildman–Crippen LogP) is 1.31. The molecule has 0 aliphatic rings. The fourth-order valence-electron chi connectivity index (χ4n) is 1.35. The highest BCUT2D eigenvalue weighted by molar-refractivity contribution is 5.44. The number of aromatic nitrogens is 3. The smallest absolute Gasteiger partial charge is 0.0842 e. The van der Waals surface area contributed by atoms with Crippen LogP contribution in [0.25, 0.3) is 5.69 Å². The van der Waals surface area contributed by atoms with Crippen LogP contribution in [0.5, 0.6) is 0 Å². The van der Waals surface area contributed by atoms with Gasteiger partial charge in [0.1, 0.15) is 0 Å². The van der Waals surface area contributed by atoms with Gasteiger partial charge in [0.2, 0.25) is 0 Å². The zero-order valence-electron chi connectivity index (χ0n) is 8.67. The molecule has 0 saturated heterocycles. The average molecular weight is 213 g/mol. The second kappa shape index (κ2) is 4.45. The van der Waals surface area contributed by atoms with E-state index in [9.17, 15) is 0 Å². The van der Waals surface area contributed by atoms with Crippen molar-refractivity contribution >= 4 is 5.69 Å². The second-order valence-corrected chi connectivity index (χ2v) is 3.40. The summed E-state index contributed by atoms with van der Waals surface area (Å²) in [4.78, 5) is 0. The van der Waals surface area contributed by atoms with Gasteiger partial charge in [0.25, 0.3) is 0 Å². The Morgan fingerprint density at radius 3 is 2.75 bits per heavy atom. The van der Waals surface area contributed by atoms with Crippen LogP contribution in [0.3, 0.4) is 0 Å². The molecule has 5 heteroatoms. The molecular weight excluding hydrogens is 202 g/mol. The number of nitrogens with two attached hydrogens (primary N) is 1.